The average Bonchev–Trinajstić information content (AvgIpc) is 2.79. The highest BCUT2D eigenvalue weighted by Crippen LogP contribution is 2.39. The van der Waals surface area contributed by atoms with E-state index >= 15 is 0 Å². The summed E-state index contributed by atoms with van der Waals surface area (Å²) in [6.45, 7) is 1.44. The summed E-state index contributed by atoms with van der Waals surface area (Å²) in [5, 5.41) is 11.1. The van der Waals surface area contributed by atoms with Crippen LogP contribution in [0.1, 0.15) is 45.4 Å². The van der Waals surface area contributed by atoms with Crippen LogP contribution < -0.4 is 9.80 Å². The number of para-hydroxylation sites is 1. The maximum Gasteiger partial charge on any atom is 0.272 e. The molecule has 1 atom stereocenters. The first kappa shape index (κ1) is 22.3. The number of ether oxygens (including phenoxy) is 1. The van der Waals surface area contributed by atoms with Crippen molar-refractivity contribution in [2.75, 3.05) is 12.2 Å². The van der Waals surface area contributed by atoms with Crippen molar-refractivity contribution in [2.24, 2.45) is 5.92 Å². The van der Waals surface area contributed by atoms with Crippen LogP contribution in [0.15, 0.2) is 59.5 Å². The molecular weight excluding hydrogens is 402 g/mol. The van der Waals surface area contributed by atoms with Gasteiger partial charge in [0.15, 0.2) is 14.6 Å². The third-order valence-corrected chi connectivity index (χ3v) is 8.43. The van der Waals surface area contributed by atoms with Crippen molar-refractivity contribution in [3.05, 3.63) is 54.6 Å². The van der Waals surface area contributed by atoms with Crippen molar-refractivity contribution in [3.8, 4) is 5.75 Å². The van der Waals surface area contributed by atoms with Gasteiger partial charge in [0.1, 0.15) is 5.75 Å². The van der Waals surface area contributed by atoms with Gasteiger partial charge in [0.25, 0.3) is 5.91 Å². The predicted octanol–water partition coefficient (Wildman–Crippen LogP) is 4.62. The summed E-state index contributed by atoms with van der Waals surface area (Å²) in [5.74, 6) is -0.192. The van der Waals surface area contributed by atoms with Crippen molar-refractivity contribution in [2.45, 2.75) is 55.1 Å². The summed E-state index contributed by atoms with van der Waals surface area (Å²) in [5.41, 5.74) is 0.238. The fourth-order valence-corrected chi connectivity index (χ4v) is 5.97. The van der Waals surface area contributed by atoms with Gasteiger partial charge >= 0.3 is 0 Å². The number of hydrogen-bond acceptors (Lipinski definition) is 5. The second kappa shape index (κ2) is 9.18. The van der Waals surface area contributed by atoms with E-state index in [0.29, 0.717) is 10.8 Å². The predicted molar refractivity (Wildman–Crippen MR) is 115 cm³/mol. The Labute approximate surface area is 178 Å². The maximum atomic E-state index is 13.7. The van der Waals surface area contributed by atoms with Crippen LogP contribution in [-0.2, 0) is 14.6 Å². The van der Waals surface area contributed by atoms with Gasteiger partial charge in [-0.15, -0.1) is 0 Å². The number of amides is 1. The topological polar surface area (TPSA) is 83.9 Å². The minimum absolute atomic E-state index is 0.0384. The summed E-state index contributed by atoms with van der Waals surface area (Å²) in [4.78, 5) is 13.5. The lowest BCUT2D eigenvalue weighted by atomic mass is 9.82. The molecule has 1 aliphatic carbocycles. The molecule has 0 bridgehead atoms. The van der Waals surface area contributed by atoms with E-state index in [4.69, 9.17) is 4.74 Å². The van der Waals surface area contributed by atoms with Gasteiger partial charge in [0.05, 0.1) is 17.7 Å². The minimum Gasteiger partial charge on any atom is -0.497 e. The van der Waals surface area contributed by atoms with Gasteiger partial charge in [-0.05, 0) is 55.7 Å². The van der Waals surface area contributed by atoms with Crippen LogP contribution in [0, 0.1) is 5.92 Å². The van der Waals surface area contributed by atoms with Crippen LogP contribution in [0.2, 0.25) is 0 Å². The van der Waals surface area contributed by atoms with E-state index in [1.807, 2.05) is 0 Å². The van der Waals surface area contributed by atoms with Crippen molar-refractivity contribution >= 4 is 21.4 Å². The number of carbonyl (C=O) groups is 1. The third kappa shape index (κ3) is 4.37. The highest BCUT2D eigenvalue weighted by molar-refractivity contribution is 7.93. The summed E-state index contributed by atoms with van der Waals surface area (Å²) in [6.07, 6.45) is 5.13. The van der Waals surface area contributed by atoms with Crippen molar-refractivity contribution < 1.29 is 23.2 Å². The summed E-state index contributed by atoms with van der Waals surface area (Å²) >= 11 is 0. The largest absolute Gasteiger partial charge is 0.497 e. The monoisotopic (exact) mass is 431 g/mol. The molecule has 7 heteroatoms. The Morgan fingerprint density at radius 1 is 1.07 bits per heavy atom. The number of hydrogen-bond donors (Lipinski definition) is 1. The summed E-state index contributed by atoms with van der Waals surface area (Å²) < 4.78 is 30.7. The van der Waals surface area contributed by atoms with E-state index in [9.17, 15) is 18.4 Å². The van der Waals surface area contributed by atoms with E-state index in [1.54, 1.807) is 42.5 Å². The van der Waals surface area contributed by atoms with Crippen LogP contribution in [0.4, 0.5) is 5.69 Å². The smallest absolute Gasteiger partial charge is 0.272 e. The molecule has 0 aliphatic heterocycles. The maximum absolute atomic E-state index is 13.7. The molecule has 0 spiro atoms. The highest BCUT2D eigenvalue weighted by Gasteiger charge is 2.50. The Balaban J connectivity index is 2.02. The van der Waals surface area contributed by atoms with E-state index in [-0.39, 0.29) is 22.9 Å². The zero-order valence-corrected chi connectivity index (χ0v) is 18.3. The van der Waals surface area contributed by atoms with Crippen molar-refractivity contribution in [1.82, 2.24) is 0 Å². The van der Waals surface area contributed by atoms with E-state index < -0.39 is 20.5 Å². The van der Waals surface area contributed by atoms with Gasteiger partial charge < -0.3 is 4.74 Å². The zero-order chi connectivity index (χ0) is 21.8. The molecule has 1 fully saturated rings. The Bertz CT molecular complexity index is 953. The lowest BCUT2D eigenvalue weighted by molar-refractivity contribution is -0.126. The molecule has 2 aromatic rings. The fourth-order valence-electron chi connectivity index (χ4n) is 4.18. The van der Waals surface area contributed by atoms with Gasteiger partial charge in [-0.1, -0.05) is 50.3 Å². The molecule has 162 valence electrons. The molecule has 1 unspecified atom stereocenters. The molecule has 0 radical (unpaired) electrons. The molecule has 1 N–H and O–H groups in total. The Hall–Kier alpha value is -2.38. The first-order valence-corrected chi connectivity index (χ1v) is 11.7. The molecule has 0 saturated heterocycles. The van der Waals surface area contributed by atoms with Gasteiger partial charge in [-0.3, -0.25) is 10.0 Å². The standard InChI is InChI=1S/C23H29NO5S/c1-23(17-18-9-5-3-6-10-18,22(25)24(26)19-11-7-4-8-12-19)30(27,28)21-15-13-20(29-2)14-16-21/h4,7-8,11-16,18,26H,3,5-6,9-10,17H2,1-2H3. The summed E-state index contributed by atoms with van der Waals surface area (Å²) in [7, 11) is -2.58. The number of nitrogens with zero attached hydrogens (tertiary/aromatic N) is 1. The molecule has 30 heavy (non-hydrogen) atoms. The quantitative estimate of drug-likeness (QED) is 0.511. The van der Waals surface area contributed by atoms with Crippen LogP contribution in [0.5, 0.6) is 5.75 Å². The average molecular weight is 432 g/mol. The van der Waals surface area contributed by atoms with Crippen LogP contribution >= 0.6 is 0 Å². The van der Waals surface area contributed by atoms with Crippen molar-refractivity contribution in [1.29, 1.82) is 0 Å². The molecule has 0 heterocycles. The normalized spacial score (nSPS) is 17.2. The molecule has 2 aromatic carbocycles. The van der Waals surface area contributed by atoms with Crippen molar-refractivity contribution in [3.63, 3.8) is 0 Å². The summed E-state index contributed by atoms with van der Waals surface area (Å²) in [6, 6.07) is 14.3. The number of hydroxylamine groups is 1. The molecule has 1 aliphatic rings. The highest BCUT2D eigenvalue weighted by atomic mass is 32.2. The Morgan fingerprint density at radius 2 is 1.67 bits per heavy atom. The van der Waals surface area contributed by atoms with E-state index in [0.717, 1.165) is 32.1 Å². The SMILES string of the molecule is COc1ccc(S(=O)(=O)C(C)(CC2CCCCC2)C(=O)N(O)c2ccccc2)cc1. The molecule has 1 saturated carbocycles. The van der Waals surface area contributed by atoms with Crippen LogP contribution in [-0.4, -0.2) is 31.4 Å². The number of methoxy groups -OCH3 is 1. The number of sulfone groups is 1. The Morgan fingerprint density at radius 3 is 2.23 bits per heavy atom. The van der Waals surface area contributed by atoms with Gasteiger partial charge in [0.2, 0.25) is 0 Å². The molecule has 3 rings (SSSR count). The lowest BCUT2D eigenvalue weighted by Gasteiger charge is -2.35. The van der Waals surface area contributed by atoms with E-state index in [1.165, 1.54) is 26.2 Å². The Kier molecular flexibility index (Phi) is 6.83. The molecular formula is C23H29NO5S. The molecule has 6 nitrogen and oxygen atoms in total. The number of rotatable bonds is 7. The van der Waals surface area contributed by atoms with Crippen LogP contribution in [0.25, 0.3) is 0 Å². The van der Waals surface area contributed by atoms with Gasteiger partial charge in [-0.25, -0.2) is 8.42 Å². The lowest BCUT2D eigenvalue weighted by Crippen LogP contribution is -2.52. The van der Waals surface area contributed by atoms with Gasteiger partial charge in [-0.2, -0.15) is 5.06 Å². The fraction of sp³-hybridized carbons (Fsp3) is 0.435. The number of benzene rings is 2. The molecule has 0 aromatic heterocycles. The second-order valence-electron chi connectivity index (χ2n) is 8.07. The second-order valence-corrected chi connectivity index (χ2v) is 10.4. The van der Waals surface area contributed by atoms with E-state index in [2.05, 4.69) is 0 Å². The number of anilines is 1. The van der Waals surface area contributed by atoms with Gasteiger partial charge in [0, 0.05) is 0 Å². The first-order valence-electron chi connectivity index (χ1n) is 10.3. The minimum atomic E-state index is -4.08. The molecule has 1 amide bonds. The third-order valence-electron chi connectivity index (χ3n) is 6.01. The van der Waals surface area contributed by atoms with Crippen LogP contribution in [0.3, 0.4) is 0 Å². The first-order chi connectivity index (χ1) is 14.3. The number of carbonyl (C=O) groups excluding carboxylic acids is 1. The zero-order valence-electron chi connectivity index (χ0n) is 17.5.